The summed E-state index contributed by atoms with van der Waals surface area (Å²) in [6.45, 7) is -2.49. The maximum atomic E-state index is 13.3. The SMILES string of the molecule is Fc1ccc(CNCCC(F)(F)F)c(C(F)(F)F)c1.O=[N+]([O-])c1cc(Br)ccc1F.O=[N+]([O-])c1cc(Br)ccc1N(CCC(F)(F)F)Cc1ccc(F)cc1C(F)(F)F. The lowest BCUT2D eigenvalue weighted by Crippen LogP contribution is -2.29. The number of halogens is 17. The van der Waals surface area contributed by atoms with Gasteiger partial charge in [-0.25, -0.2) is 8.78 Å². The van der Waals surface area contributed by atoms with Gasteiger partial charge in [-0.15, -0.1) is 0 Å². The number of hydrogen-bond donors (Lipinski definition) is 1. The van der Waals surface area contributed by atoms with Crippen molar-refractivity contribution in [3.8, 4) is 0 Å². The van der Waals surface area contributed by atoms with E-state index in [1.165, 1.54) is 12.1 Å². The van der Waals surface area contributed by atoms with Gasteiger partial charge in [-0.05, 0) is 59.7 Å². The molecule has 0 spiro atoms. The molecule has 4 aromatic carbocycles. The third-order valence-electron chi connectivity index (χ3n) is 7.26. The first-order valence-corrected chi connectivity index (χ1v) is 17.4. The summed E-state index contributed by atoms with van der Waals surface area (Å²) in [7, 11) is 0. The van der Waals surface area contributed by atoms with Gasteiger partial charge in [0, 0.05) is 47.3 Å². The van der Waals surface area contributed by atoms with Crippen molar-refractivity contribution >= 4 is 48.9 Å². The van der Waals surface area contributed by atoms with E-state index in [0.717, 1.165) is 53.4 Å². The van der Waals surface area contributed by atoms with Crippen LogP contribution in [0.5, 0.6) is 0 Å². The van der Waals surface area contributed by atoms with E-state index >= 15 is 0 Å². The molecule has 0 aromatic heterocycles. The molecule has 324 valence electrons. The normalized spacial score (nSPS) is 11.9. The molecule has 0 saturated heterocycles. The summed E-state index contributed by atoms with van der Waals surface area (Å²) >= 11 is 6.00. The maximum absolute atomic E-state index is 13.3. The lowest BCUT2D eigenvalue weighted by molar-refractivity contribution is -0.387. The number of anilines is 1. The van der Waals surface area contributed by atoms with E-state index in [2.05, 4.69) is 37.2 Å². The predicted octanol–water partition coefficient (Wildman–Crippen LogP) is 12.9. The van der Waals surface area contributed by atoms with Crippen molar-refractivity contribution in [3.05, 3.63) is 142 Å². The van der Waals surface area contributed by atoms with Crippen molar-refractivity contribution < 1.29 is 75.7 Å². The molecule has 0 aliphatic heterocycles. The molecule has 0 fully saturated rings. The van der Waals surface area contributed by atoms with Crippen molar-refractivity contribution in [2.24, 2.45) is 0 Å². The van der Waals surface area contributed by atoms with Gasteiger partial charge >= 0.3 is 30.4 Å². The smallest absolute Gasteiger partial charge is 0.361 e. The van der Waals surface area contributed by atoms with Gasteiger partial charge in [0.15, 0.2) is 0 Å². The largest absolute Gasteiger partial charge is 0.416 e. The van der Waals surface area contributed by atoms with Gasteiger partial charge in [-0.3, -0.25) is 20.2 Å². The number of nitro benzene ring substituents is 2. The van der Waals surface area contributed by atoms with E-state index in [0.29, 0.717) is 10.5 Å². The first-order valence-electron chi connectivity index (χ1n) is 15.8. The number of alkyl halides is 12. The zero-order valence-corrected chi connectivity index (χ0v) is 32.2. The fourth-order valence-electron chi connectivity index (χ4n) is 4.66. The Morgan fingerprint density at radius 1 is 0.593 bits per heavy atom. The quantitative estimate of drug-likeness (QED) is 0.0695. The molecule has 0 saturated carbocycles. The number of benzene rings is 4. The Kier molecular flexibility index (Phi) is 18.0. The Labute approximate surface area is 339 Å². The lowest BCUT2D eigenvalue weighted by atomic mass is 10.1. The Bertz CT molecular complexity index is 2060. The highest BCUT2D eigenvalue weighted by Crippen LogP contribution is 2.37. The first kappa shape index (κ1) is 50.5. The van der Waals surface area contributed by atoms with E-state index in [1.54, 1.807) is 0 Å². The van der Waals surface area contributed by atoms with Crippen LogP contribution in [0.2, 0.25) is 0 Å². The van der Waals surface area contributed by atoms with Crippen molar-refractivity contribution in [1.82, 2.24) is 5.32 Å². The third kappa shape index (κ3) is 17.6. The predicted molar refractivity (Wildman–Crippen MR) is 188 cm³/mol. The zero-order valence-electron chi connectivity index (χ0n) is 29.1. The molecule has 0 bridgehead atoms. The Morgan fingerprint density at radius 3 is 1.51 bits per heavy atom. The third-order valence-corrected chi connectivity index (χ3v) is 8.25. The summed E-state index contributed by atoms with van der Waals surface area (Å²) in [5, 5.41) is 23.7. The number of nitrogens with zero attached hydrogens (tertiary/aromatic N) is 3. The molecule has 25 heteroatoms. The fraction of sp³-hybridized carbons (Fsp3) is 0.294. The summed E-state index contributed by atoms with van der Waals surface area (Å²) in [6.07, 6.45) is -21.3. The summed E-state index contributed by atoms with van der Waals surface area (Å²) in [4.78, 5) is 20.6. The average Bonchev–Trinajstić information content (AvgIpc) is 3.09. The number of nitro groups is 2. The molecule has 0 aliphatic rings. The second kappa shape index (κ2) is 21.0. The maximum Gasteiger partial charge on any atom is 0.416 e. The van der Waals surface area contributed by atoms with E-state index in [4.69, 9.17) is 0 Å². The van der Waals surface area contributed by atoms with Gasteiger partial charge in [0.2, 0.25) is 5.82 Å². The molecule has 0 unspecified atom stereocenters. The molecular weight excluding hydrogens is 973 g/mol. The van der Waals surface area contributed by atoms with E-state index in [9.17, 15) is 86.1 Å². The molecule has 0 aliphatic carbocycles. The monoisotopic (exact) mass is 996 g/mol. The highest BCUT2D eigenvalue weighted by Gasteiger charge is 2.36. The van der Waals surface area contributed by atoms with Gasteiger partial charge in [0.1, 0.15) is 17.3 Å². The van der Waals surface area contributed by atoms with Crippen LogP contribution in [0.1, 0.15) is 35.1 Å². The van der Waals surface area contributed by atoms with E-state index < -0.39 is 119 Å². The van der Waals surface area contributed by atoms with Crippen molar-refractivity contribution in [2.45, 2.75) is 50.6 Å². The lowest BCUT2D eigenvalue weighted by Gasteiger charge is -2.27. The minimum atomic E-state index is -4.96. The van der Waals surface area contributed by atoms with Crippen molar-refractivity contribution in [3.63, 3.8) is 0 Å². The molecule has 0 amide bonds. The minimum absolute atomic E-state index is 0.229. The highest BCUT2D eigenvalue weighted by molar-refractivity contribution is 9.10. The fourth-order valence-corrected chi connectivity index (χ4v) is 5.36. The molecule has 0 atom stereocenters. The van der Waals surface area contributed by atoms with E-state index in [-0.39, 0.29) is 21.8 Å². The average molecular weight is 998 g/mol. The van der Waals surface area contributed by atoms with Crippen LogP contribution in [-0.4, -0.2) is 35.3 Å². The van der Waals surface area contributed by atoms with Gasteiger partial charge < -0.3 is 10.2 Å². The summed E-state index contributed by atoms with van der Waals surface area (Å²) < 4.78 is 190. The summed E-state index contributed by atoms with van der Waals surface area (Å²) in [5.74, 6) is -3.04. The summed E-state index contributed by atoms with van der Waals surface area (Å²) in [5.41, 5.74) is -4.76. The van der Waals surface area contributed by atoms with Crippen LogP contribution in [0, 0.1) is 37.7 Å². The van der Waals surface area contributed by atoms with Crippen LogP contribution in [0.3, 0.4) is 0 Å². The molecular formula is C34H25Br2F15N4O4. The van der Waals surface area contributed by atoms with Gasteiger partial charge in [0.05, 0.1) is 33.8 Å². The van der Waals surface area contributed by atoms with Crippen LogP contribution in [0.4, 0.5) is 82.9 Å². The molecule has 0 heterocycles. The van der Waals surface area contributed by atoms with Crippen LogP contribution in [-0.2, 0) is 25.4 Å². The molecule has 59 heavy (non-hydrogen) atoms. The molecule has 4 aromatic rings. The van der Waals surface area contributed by atoms with Gasteiger partial charge in [-0.1, -0.05) is 44.0 Å². The molecule has 0 radical (unpaired) electrons. The Morgan fingerprint density at radius 2 is 1.05 bits per heavy atom. The topological polar surface area (TPSA) is 102 Å². The van der Waals surface area contributed by atoms with Crippen molar-refractivity contribution in [1.29, 1.82) is 0 Å². The van der Waals surface area contributed by atoms with E-state index in [1.807, 2.05) is 0 Å². The second-order valence-corrected chi connectivity index (χ2v) is 13.5. The molecule has 8 nitrogen and oxygen atoms in total. The van der Waals surface area contributed by atoms with Crippen LogP contribution >= 0.6 is 31.9 Å². The minimum Gasteiger partial charge on any atom is -0.361 e. The second-order valence-electron chi connectivity index (χ2n) is 11.7. The van der Waals surface area contributed by atoms with Gasteiger partial charge in [0.25, 0.3) is 5.69 Å². The molecule has 1 N–H and O–H groups in total. The highest BCUT2D eigenvalue weighted by atomic mass is 79.9. The van der Waals surface area contributed by atoms with Crippen LogP contribution in [0.25, 0.3) is 0 Å². The number of hydrogen-bond acceptors (Lipinski definition) is 6. The standard InChI is InChI=1S/C17H12BrF7N2O2.C11H10F7N.C6H3BrFNO2/c18-11-2-4-14(15(7-11)27(28)29)26(6-5-16(20,21)22)9-10-1-3-12(19)8-13(10)17(23,24)25;12-8-2-1-7(9(5-8)11(16,17)18)6-19-4-3-10(13,14)15;7-4-1-2-5(8)6(3-4)9(10)11/h1-4,7-8H,5-6,9H2;1-2,5,19H,3-4,6H2;1-3H. The Balaban J connectivity index is 0.000000341. The van der Waals surface area contributed by atoms with Crippen LogP contribution in [0.15, 0.2) is 81.7 Å². The summed E-state index contributed by atoms with van der Waals surface area (Å²) in [6, 6.07) is 10.9. The number of rotatable bonds is 11. The zero-order chi connectivity index (χ0) is 45.1. The first-order chi connectivity index (χ1) is 27.0. The van der Waals surface area contributed by atoms with Gasteiger partial charge in [-0.2, -0.15) is 57.1 Å². The number of nitrogens with one attached hydrogen (secondary N) is 1. The van der Waals surface area contributed by atoms with Crippen LogP contribution < -0.4 is 10.2 Å². The van der Waals surface area contributed by atoms with Crippen molar-refractivity contribution in [2.75, 3.05) is 18.0 Å². The molecule has 4 rings (SSSR count). The Hall–Kier alpha value is -4.65.